The molecule has 1 N–H and O–H groups in total. The molecule has 2 aliphatic rings. The Labute approximate surface area is 236 Å². The highest BCUT2D eigenvalue weighted by atomic mass is 19.4. The molecular weight excluding hydrogens is 539 g/mol. The van der Waals surface area contributed by atoms with Gasteiger partial charge in [0.1, 0.15) is 5.82 Å². The van der Waals surface area contributed by atoms with Crippen molar-refractivity contribution in [2.45, 2.75) is 12.2 Å². The summed E-state index contributed by atoms with van der Waals surface area (Å²) in [6.45, 7) is 7.50. The Bertz CT molecular complexity index is 1310. The van der Waals surface area contributed by atoms with E-state index in [2.05, 4.69) is 30.0 Å². The van der Waals surface area contributed by atoms with Gasteiger partial charge in [-0.2, -0.15) is 13.2 Å². The van der Waals surface area contributed by atoms with Crippen LogP contribution in [0.1, 0.15) is 27.8 Å². The lowest BCUT2D eigenvalue weighted by molar-refractivity contribution is -0.145. The molecule has 10 nitrogen and oxygen atoms in total. The van der Waals surface area contributed by atoms with Crippen molar-refractivity contribution in [3.8, 4) is 0 Å². The van der Waals surface area contributed by atoms with Crippen LogP contribution in [-0.2, 0) is 15.7 Å². The van der Waals surface area contributed by atoms with Gasteiger partial charge in [-0.25, -0.2) is 15.0 Å². The van der Waals surface area contributed by atoms with E-state index >= 15 is 0 Å². The van der Waals surface area contributed by atoms with Gasteiger partial charge in [-0.15, -0.1) is 0 Å². The number of nitrogens with zero attached hydrogens (tertiary/aromatic N) is 6. The molecule has 1 amide bonds. The summed E-state index contributed by atoms with van der Waals surface area (Å²) < 4.78 is 49.6. The number of rotatable bonds is 9. The smallest absolute Gasteiger partial charge is 0.383 e. The molecule has 0 bridgehead atoms. The topological polar surface area (TPSA) is 96.0 Å². The molecule has 2 saturated heterocycles. The van der Waals surface area contributed by atoms with Gasteiger partial charge in [0, 0.05) is 88.4 Å². The summed E-state index contributed by atoms with van der Waals surface area (Å²) in [6, 6.07) is 8.90. The van der Waals surface area contributed by atoms with Crippen LogP contribution >= 0.6 is 0 Å². The van der Waals surface area contributed by atoms with Gasteiger partial charge in [-0.05, 0) is 24.3 Å². The van der Waals surface area contributed by atoms with Gasteiger partial charge in [-0.1, -0.05) is 6.07 Å². The van der Waals surface area contributed by atoms with E-state index in [1.165, 1.54) is 12.4 Å². The van der Waals surface area contributed by atoms with Gasteiger partial charge in [0.25, 0.3) is 5.91 Å². The Morgan fingerprint density at radius 1 is 1.05 bits per heavy atom. The van der Waals surface area contributed by atoms with Crippen molar-refractivity contribution in [1.82, 2.24) is 30.1 Å². The number of pyridine rings is 1. The van der Waals surface area contributed by atoms with Crippen LogP contribution in [0.2, 0.25) is 0 Å². The van der Waals surface area contributed by atoms with Gasteiger partial charge in [0.2, 0.25) is 5.82 Å². The number of carbonyl (C=O) groups excluding carboxylic acids is 1. The second-order valence-corrected chi connectivity index (χ2v) is 10.1. The summed E-state index contributed by atoms with van der Waals surface area (Å²) in [4.78, 5) is 32.0. The molecule has 220 valence electrons. The van der Waals surface area contributed by atoms with E-state index in [4.69, 9.17) is 14.5 Å². The van der Waals surface area contributed by atoms with Crippen LogP contribution in [0.25, 0.3) is 10.9 Å². The molecule has 3 aromatic rings. The number of amides is 1. The maximum atomic E-state index is 13.4. The van der Waals surface area contributed by atoms with Gasteiger partial charge >= 0.3 is 6.18 Å². The first-order valence-electron chi connectivity index (χ1n) is 13.7. The number of aromatic nitrogens is 3. The molecule has 0 saturated carbocycles. The maximum Gasteiger partial charge on any atom is 0.451 e. The van der Waals surface area contributed by atoms with Crippen molar-refractivity contribution in [2.24, 2.45) is 0 Å². The highest BCUT2D eigenvalue weighted by Crippen LogP contribution is 2.28. The summed E-state index contributed by atoms with van der Waals surface area (Å²) >= 11 is 0. The normalized spacial score (nSPS) is 18.0. The zero-order chi connectivity index (χ0) is 28.8. The number of fused-ring (bicyclic) bond motifs is 1. The Morgan fingerprint density at radius 3 is 2.46 bits per heavy atom. The second kappa shape index (κ2) is 13.1. The van der Waals surface area contributed by atoms with E-state index in [0.29, 0.717) is 44.0 Å². The predicted molar refractivity (Wildman–Crippen MR) is 147 cm³/mol. The van der Waals surface area contributed by atoms with Crippen molar-refractivity contribution in [3.05, 3.63) is 59.7 Å². The van der Waals surface area contributed by atoms with E-state index in [0.717, 1.165) is 49.4 Å². The summed E-state index contributed by atoms with van der Waals surface area (Å²) in [7, 11) is 1.71. The summed E-state index contributed by atoms with van der Waals surface area (Å²) in [5.74, 6) is -0.610. The van der Waals surface area contributed by atoms with Crippen molar-refractivity contribution >= 4 is 22.6 Å². The zero-order valence-corrected chi connectivity index (χ0v) is 22.9. The molecule has 4 heterocycles. The van der Waals surface area contributed by atoms with E-state index in [1.807, 2.05) is 18.2 Å². The molecule has 1 aromatic carbocycles. The molecule has 1 atom stereocenters. The lowest BCUT2D eigenvalue weighted by Gasteiger charge is -2.35. The number of benzene rings is 1. The molecule has 41 heavy (non-hydrogen) atoms. The van der Waals surface area contributed by atoms with Crippen molar-refractivity contribution in [1.29, 1.82) is 0 Å². The minimum Gasteiger partial charge on any atom is -0.383 e. The summed E-state index contributed by atoms with van der Waals surface area (Å²) in [5, 5.41) is 3.71. The van der Waals surface area contributed by atoms with Gasteiger partial charge in [0.05, 0.1) is 31.4 Å². The largest absolute Gasteiger partial charge is 0.451 e. The minimum absolute atomic E-state index is 0.169. The first-order valence-corrected chi connectivity index (χ1v) is 13.7. The molecule has 0 aliphatic carbocycles. The van der Waals surface area contributed by atoms with Crippen LogP contribution in [-0.4, -0.2) is 110 Å². The van der Waals surface area contributed by atoms with Crippen LogP contribution in [0.15, 0.2) is 42.7 Å². The van der Waals surface area contributed by atoms with Gasteiger partial charge < -0.3 is 19.7 Å². The molecule has 2 aliphatic heterocycles. The summed E-state index contributed by atoms with van der Waals surface area (Å²) in [5.41, 5.74) is 1.69. The number of anilines is 1. The number of piperazine rings is 1. The third kappa shape index (κ3) is 7.10. The highest BCUT2D eigenvalue weighted by Gasteiger charge is 2.35. The fraction of sp³-hybridized carbons (Fsp3) is 0.500. The van der Waals surface area contributed by atoms with Crippen LogP contribution < -0.4 is 10.2 Å². The van der Waals surface area contributed by atoms with E-state index in [1.54, 1.807) is 19.2 Å². The molecule has 13 heteroatoms. The number of ether oxygens (including phenoxy) is 2. The fourth-order valence-electron chi connectivity index (χ4n) is 5.23. The lowest BCUT2D eigenvalue weighted by Crippen LogP contribution is -2.47. The first-order chi connectivity index (χ1) is 19.8. The minimum atomic E-state index is -4.62. The molecule has 5 rings (SSSR count). The van der Waals surface area contributed by atoms with Crippen molar-refractivity contribution in [2.75, 3.05) is 84.2 Å². The van der Waals surface area contributed by atoms with E-state index < -0.39 is 18.0 Å². The van der Waals surface area contributed by atoms with Crippen LogP contribution in [0.5, 0.6) is 0 Å². The van der Waals surface area contributed by atoms with Crippen molar-refractivity contribution in [3.63, 3.8) is 0 Å². The number of carbonyl (C=O) groups is 1. The monoisotopic (exact) mass is 573 g/mol. The molecule has 2 aromatic heterocycles. The van der Waals surface area contributed by atoms with E-state index in [-0.39, 0.29) is 12.5 Å². The van der Waals surface area contributed by atoms with Crippen molar-refractivity contribution < 1.29 is 27.4 Å². The number of hydrogen-bond donors (Lipinski definition) is 1. The maximum absolute atomic E-state index is 13.4. The SMILES string of the molecule is COCCN1CCN(c2ccc3c(C(=O)NCC(c4cnc(C(F)(F)F)nc4)N4CCOCC4)cccc3n2)CC1. The molecule has 2 fully saturated rings. The second-order valence-electron chi connectivity index (χ2n) is 10.1. The van der Waals surface area contributed by atoms with Gasteiger partial charge in [-0.3, -0.25) is 14.6 Å². The van der Waals surface area contributed by atoms with Crippen LogP contribution in [0, 0.1) is 0 Å². The average Bonchev–Trinajstić information content (AvgIpc) is 3.00. The quantitative estimate of drug-likeness (QED) is 0.415. The van der Waals surface area contributed by atoms with E-state index in [9.17, 15) is 18.0 Å². The van der Waals surface area contributed by atoms with Crippen LogP contribution in [0.4, 0.5) is 19.0 Å². The Hall–Kier alpha value is -3.39. The Kier molecular flexibility index (Phi) is 9.28. The number of hydrogen-bond acceptors (Lipinski definition) is 9. The zero-order valence-electron chi connectivity index (χ0n) is 22.9. The lowest BCUT2D eigenvalue weighted by atomic mass is 10.1. The standard InChI is InChI=1S/C28H34F3N7O3/c1-40-14-11-36-7-9-38(10-8-36)25-6-5-21-22(3-2-4-23(21)35-25)26(39)32-19-24(37-12-15-41-16-13-37)20-17-33-27(34-18-20)28(29,30)31/h2-6,17-18,24H,7-16,19H2,1H3,(H,32,39). The third-order valence-electron chi connectivity index (χ3n) is 7.52. The molecule has 1 unspecified atom stereocenters. The molecular formula is C28H34F3N7O3. The Morgan fingerprint density at radius 2 is 1.78 bits per heavy atom. The predicted octanol–water partition coefficient (Wildman–Crippen LogP) is 2.62. The fourth-order valence-corrected chi connectivity index (χ4v) is 5.23. The number of nitrogens with one attached hydrogen (secondary N) is 1. The third-order valence-corrected chi connectivity index (χ3v) is 7.52. The average molecular weight is 574 g/mol. The van der Waals surface area contributed by atoms with Gasteiger partial charge in [0.15, 0.2) is 0 Å². The number of alkyl halides is 3. The Balaban J connectivity index is 1.29. The highest BCUT2D eigenvalue weighted by molar-refractivity contribution is 6.06. The number of morpholine rings is 1. The number of halogens is 3. The first kappa shape index (κ1) is 29.1. The number of methoxy groups -OCH3 is 1. The molecule has 0 radical (unpaired) electrons. The molecule has 0 spiro atoms. The summed E-state index contributed by atoms with van der Waals surface area (Å²) in [6.07, 6.45) is -2.26. The van der Waals surface area contributed by atoms with Crippen LogP contribution in [0.3, 0.4) is 0 Å².